The van der Waals surface area contributed by atoms with Crippen LogP contribution in [0.1, 0.15) is 16.4 Å². The number of aryl methyl sites for hydroxylation is 1. The highest BCUT2D eigenvalue weighted by molar-refractivity contribution is 5.91. The topological polar surface area (TPSA) is 99.7 Å². The van der Waals surface area contributed by atoms with E-state index in [0.29, 0.717) is 44.3 Å². The number of aliphatic hydroxyl groups is 1. The lowest BCUT2D eigenvalue weighted by molar-refractivity contribution is -0.900. The Morgan fingerprint density at radius 2 is 2.03 bits per heavy atom. The smallest absolute Gasteiger partial charge is 0.289 e. The predicted molar refractivity (Wildman–Crippen MR) is 106 cm³/mol. The molecular weight excluding hydrogens is 370 g/mol. The van der Waals surface area contributed by atoms with E-state index < -0.39 is 0 Å². The number of para-hydroxylation sites is 2. The molecule has 2 aromatic heterocycles. The van der Waals surface area contributed by atoms with E-state index in [1.54, 1.807) is 17.0 Å². The van der Waals surface area contributed by atoms with Crippen molar-refractivity contribution >= 4 is 22.5 Å². The monoisotopic (exact) mass is 392 g/mol. The van der Waals surface area contributed by atoms with Crippen LogP contribution in [0.25, 0.3) is 16.6 Å². The highest BCUT2D eigenvalue weighted by atomic mass is 16.3. The number of amides is 1. The zero-order valence-electron chi connectivity index (χ0n) is 16.1. The molecule has 1 aliphatic rings. The lowest BCUT2D eigenvalue weighted by Gasteiger charge is -2.31. The van der Waals surface area contributed by atoms with Gasteiger partial charge >= 0.3 is 0 Å². The number of nitrogens with zero attached hydrogens (tertiary/aromatic N) is 4. The number of furan rings is 1. The zero-order valence-corrected chi connectivity index (χ0v) is 16.1. The van der Waals surface area contributed by atoms with Crippen molar-refractivity contribution in [2.24, 2.45) is 7.05 Å². The summed E-state index contributed by atoms with van der Waals surface area (Å²) in [5.41, 5.74) is 1.87. The summed E-state index contributed by atoms with van der Waals surface area (Å²) in [4.78, 5) is 19.7. The second kappa shape index (κ2) is 7.81. The lowest BCUT2D eigenvalue weighted by atomic mass is 10.2. The van der Waals surface area contributed by atoms with E-state index in [0.717, 1.165) is 15.9 Å². The number of carbonyl (C=O) groups excluding carboxylic acids is 1. The molecule has 1 saturated heterocycles. The van der Waals surface area contributed by atoms with Crippen LogP contribution in [0.3, 0.4) is 0 Å². The quantitative estimate of drug-likeness (QED) is 0.510. The predicted octanol–water partition coefficient (Wildman–Crippen LogP) is 1.000. The summed E-state index contributed by atoms with van der Waals surface area (Å²) >= 11 is 0. The van der Waals surface area contributed by atoms with Crippen molar-refractivity contribution in [3.05, 3.63) is 60.0 Å². The van der Waals surface area contributed by atoms with E-state index in [-0.39, 0.29) is 17.2 Å². The first-order valence-corrected chi connectivity index (χ1v) is 9.49. The first-order valence-electron chi connectivity index (χ1n) is 9.49. The molecule has 8 heteroatoms. The maximum Gasteiger partial charge on any atom is 0.289 e. The summed E-state index contributed by atoms with van der Waals surface area (Å²) in [6.45, 7) is 2.80. The second-order valence-electron chi connectivity index (χ2n) is 7.11. The number of rotatable bonds is 4. The van der Waals surface area contributed by atoms with Crippen molar-refractivity contribution < 1.29 is 19.2 Å². The number of fused-ring (bicyclic) bond motifs is 1. The molecule has 0 spiro atoms. The number of imidazole rings is 1. The number of aliphatic hydroxyl groups excluding tert-OH is 1. The van der Waals surface area contributed by atoms with Crippen LogP contribution in [0.4, 0.5) is 0 Å². The Morgan fingerprint density at radius 3 is 2.69 bits per heavy atom. The number of hydrogen-bond acceptors (Lipinski definition) is 5. The number of benzene rings is 1. The summed E-state index contributed by atoms with van der Waals surface area (Å²) in [5.74, 6) is 0.694. The fourth-order valence-corrected chi connectivity index (χ4v) is 3.70. The number of nitriles is 1. The van der Waals surface area contributed by atoms with E-state index in [2.05, 4.69) is 11.1 Å². The van der Waals surface area contributed by atoms with Gasteiger partial charge in [-0.05, 0) is 24.3 Å². The van der Waals surface area contributed by atoms with Crippen LogP contribution in [0.15, 0.2) is 52.8 Å². The molecule has 0 saturated carbocycles. The molecule has 0 radical (unpaired) electrons. The van der Waals surface area contributed by atoms with E-state index in [9.17, 15) is 15.2 Å². The zero-order chi connectivity index (χ0) is 20.4. The van der Waals surface area contributed by atoms with Crippen LogP contribution in [0, 0.1) is 11.3 Å². The average Bonchev–Trinajstić information content (AvgIpc) is 3.38. The molecule has 0 atom stereocenters. The molecule has 148 valence electrons. The summed E-state index contributed by atoms with van der Waals surface area (Å²) in [5, 5.41) is 20.3. The van der Waals surface area contributed by atoms with E-state index in [1.165, 1.54) is 6.26 Å². The Labute approximate surface area is 167 Å². The summed E-state index contributed by atoms with van der Waals surface area (Å²) < 4.78 is 7.00. The van der Waals surface area contributed by atoms with Crippen LogP contribution >= 0.6 is 0 Å². The first-order chi connectivity index (χ1) is 14.1. The number of allylic oxidation sites excluding steroid dienone is 1. The average molecular weight is 392 g/mol. The van der Waals surface area contributed by atoms with Gasteiger partial charge in [0.2, 0.25) is 0 Å². The van der Waals surface area contributed by atoms with Crippen molar-refractivity contribution in [1.82, 2.24) is 14.5 Å². The number of quaternary nitrogens is 1. The molecule has 3 aromatic rings. The molecule has 0 unspecified atom stereocenters. The third-order valence-electron chi connectivity index (χ3n) is 5.32. The molecule has 3 heterocycles. The van der Waals surface area contributed by atoms with Crippen LogP contribution in [-0.4, -0.2) is 58.2 Å². The highest BCUT2D eigenvalue weighted by Gasteiger charge is 2.27. The molecule has 1 aliphatic heterocycles. The van der Waals surface area contributed by atoms with Gasteiger partial charge in [0.05, 0.1) is 43.5 Å². The van der Waals surface area contributed by atoms with Crippen molar-refractivity contribution in [3.8, 4) is 6.07 Å². The van der Waals surface area contributed by atoms with Crippen LogP contribution in [-0.2, 0) is 7.05 Å². The van der Waals surface area contributed by atoms with Crippen molar-refractivity contribution in [3.63, 3.8) is 0 Å². The Bertz CT molecular complexity index is 1100. The van der Waals surface area contributed by atoms with Crippen molar-refractivity contribution in [2.45, 2.75) is 0 Å². The van der Waals surface area contributed by atoms with Crippen LogP contribution in [0.2, 0.25) is 0 Å². The number of aromatic nitrogens is 2. The van der Waals surface area contributed by atoms with Gasteiger partial charge in [-0.3, -0.25) is 4.79 Å². The maximum absolute atomic E-state index is 12.4. The molecule has 1 fully saturated rings. The minimum absolute atomic E-state index is 0.0201. The Hall–Kier alpha value is -3.57. The van der Waals surface area contributed by atoms with E-state index in [4.69, 9.17) is 4.42 Å². The molecule has 29 heavy (non-hydrogen) atoms. The first kappa shape index (κ1) is 18.8. The summed E-state index contributed by atoms with van der Waals surface area (Å²) in [6, 6.07) is 13.1. The third kappa shape index (κ3) is 3.60. The fourth-order valence-electron chi connectivity index (χ4n) is 3.70. The summed E-state index contributed by atoms with van der Waals surface area (Å²) in [7, 11) is 1.83. The Balaban J connectivity index is 1.47. The summed E-state index contributed by atoms with van der Waals surface area (Å²) in [6.07, 6.45) is 1.49. The van der Waals surface area contributed by atoms with Crippen molar-refractivity contribution in [1.29, 1.82) is 5.26 Å². The lowest BCUT2D eigenvalue weighted by Crippen LogP contribution is -3.15. The SMILES string of the molecule is Cn1c(/C(C#N)=C(\O)C[NH+]2CCN(C(=O)c3ccco3)CC2)nc2ccccc21. The number of hydrogen-bond donors (Lipinski definition) is 2. The molecule has 4 rings (SSSR count). The fraction of sp³-hybridized carbons (Fsp3) is 0.286. The van der Waals surface area contributed by atoms with E-state index in [1.807, 2.05) is 35.9 Å². The number of carbonyl (C=O) groups is 1. The van der Waals surface area contributed by atoms with Gasteiger partial charge in [-0.25, -0.2) is 4.98 Å². The second-order valence-corrected chi connectivity index (χ2v) is 7.11. The molecule has 0 aliphatic carbocycles. The Kier molecular flexibility index (Phi) is 5.06. The van der Waals surface area contributed by atoms with Gasteiger partial charge in [-0.2, -0.15) is 5.26 Å². The Morgan fingerprint density at radius 1 is 1.28 bits per heavy atom. The minimum atomic E-state index is -0.119. The number of nitrogens with one attached hydrogen (secondary N) is 1. The van der Waals surface area contributed by atoms with Crippen molar-refractivity contribution in [2.75, 3.05) is 32.7 Å². The van der Waals surface area contributed by atoms with Gasteiger partial charge in [-0.1, -0.05) is 12.1 Å². The minimum Gasteiger partial charge on any atom is -0.506 e. The van der Waals surface area contributed by atoms with Crippen LogP contribution in [0.5, 0.6) is 0 Å². The van der Waals surface area contributed by atoms with E-state index >= 15 is 0 Å². The number of piperazine rings is 1. The van der Waals surface area contributed by atoms with Gasteiger partial charge in [0.1, 0.15) is 18.2 Å². The van der Waals surface area contributed by atoms with Gasteiger partial charge in [-0.15, -0.1) is 0 Å². The molecular formula is C21H22N5O3+. The standard InChI is InChI=1S/C21H21N5O3/c1-24-17-6-3-2-5-16(17)23-20(24)15(13-22)18(27)14-25-8-10-26(11-9-25)21(28)19-7-4-12-29-19/h2-7,12,27H,8-11,14H2,1H3/p+1/b18-15-. The third-order valence-corrected chi connectivity index (χ3v) is 5.32. The highest BCUT2D eigenvalue weighted by Crippen LogP contribution is 2.21. The van der Waals surface area contributed by atoms with Gasteiger partial charge in [0, 0.05) is 7.05 Å². The van der Waals surface area contributed by atoms with Gasteiger partial charge < -0.3 is 23.9 Å². The molecule has 8 nitrogen and oxygen atoms in total. The molecule has 1 aromatic carbocycles. The molecule has 2 N–H and O–H groups in total. The molecule has 1 amide bonds. The van der Waals surface area contributed by atoms with Crippen LogP contribution < -0.4 is 4.90 Å². The maximum atomic E-state index is 12.4. The van der Waals surface area contributed by atoms with Gasteiger partial charge in [0.25, 0.3) is 5.91 Å². The largest absolute Gasteiger partial charge is 0.506 e. The van der Waals surface area contributed by atoms with Gasteiger partial charge in [0.15, 0.2) is 17.3 Å². The molecule has 0 bridgehead atoms. The normalized spacial score (nSPS) is 15.9.